The van der Waals surface area contributed by atoms with Crippen molar-refractivity contribution in [2.45, 2.75) is 46.3 Å². The zero-order valence-corrected chi connectivity index (χ0v) is 16.8. The van der Waals surface area contributed by atoms with Crippen LogP contribution in [0.3, 0.4) is 0 Å². The molecule has 3 rings (SSSR count). The molecule has 10 nitrogen and oxygen atoms in total. The van der Waals surface area contributed by atoms with Crippen LogP contribution in [0.5, 0.6) is 0 Å². The summed E-state index contributed by atoms with van der Waals surface area (Å²) in [7, 11) is 0. The number of hydrogen-bond donors (Lipinski definition) is 0. The third-order valence-electron chi connectivity index (χ3n) is 5.30. The summed E-state index contributed by atoms with van der Waals surface area (Å²) >= 11 is 0. The maximum absolute atomic E-state index is 13.0. The number of carbonyl (C=O) groups excluding carboxylic acids is 1. The molecule has 1 aliphatic rings. The highest BCUT2D eigenvalue weighted by atomic mass is 16.6. The monoisotopic (exact) mass is 389 g/mol. The standard InChI is InChI=1S/C18H27N7O3/c1-5-23-12-15(14(2)20-23)11-21-6-8-22(9-7-21)17(26)18(3,4)24-13-16(10-19-24)25(27)28/h10,12-13H,5-9,11H2,1-4H3. The average Bonchev–Trinajstić information content (AvgIpc) is 3.30. The van der Waals surface area contributed by atoms with Crippen LogP contribution in [0.2, 0.25) is 0 Å². The molecule has 2 aromatic heterocycles. The van der Waals surface area contributed by atoms with Crippen molar-refractivity contribution in [3.05, 3.63) is 40.0 Å². The summed E-state index contributed by atoms with van der Waals surface area (Å²) < 4.78 is 3.32. The maximum atomic E-state index is 13.0. The van der Waals surface area contributed by atoms with Gasteiger partial charge >= 0.3 is 5.69 Å². The van der Waals surface area contributed by atoms with Gasteiger partial charge in [-0.3, -0.25) is 29.2 Å². The van der Waals surface area contributed by atoms with E-state index >= 15 is 0 Å². The Balaban J connectivity index is 1.60. The van der Waals surface area contributed by atoms with E-state index in [1.807, 2.05) is 16.5 Å². The van der Waals surface area contributed by atoms with Crippen molar-refractivity contribution in [2.75, 3.05) is 26.2 Å². The number of aryl methyl sites for hydroxylation is 2. The number of hydrogen-bond acceptors (Lipinski definition) is 6. The summed E-state index contributed by atoms with van der Waals surface area (Å²) in [6.45, 7) is 12.0. The minimum Gasteiger partial charge on any atom is -0.338 e. The molecule has 0 N–H and O–H groups in total. The summed E-state index contributed by atoms with van der Waals surface area (Å²) in [6.07, 6.45) is 4.56. The second-order valence-corrected chi connectivity index (χ2v) is 7.62. The fourth-order valence-electron chi connectivity index (χ4n) is 3.42. The molecule has 1 amide bonds. The summed E-state index contributed by atoms with van der Waals surface area (Å²) in [6, 6.07) is 0. The van der Waals surface area contributed by atoms with Gasteiger partial charge in [-0.05, 0) is 27.7 Å². The van der Waals surface area contributed by atoms with Crippen LogP contribution in [0.15, 0.2) is 18.6 Å². The second kappa shape index (κ2) is 7.70. The van der Waals surface area contributed by atoms with Crippen molar-refractivity contribution in [1.82, 2.24) is 29.4 Å². The molecule has 3 heterocycles. The van der Waals surface area contributed by atoms with Crippen LogP contribution in [0, 0.1) is 17.0 Å². The molecule has 0 aromatic carbocycles. The van der Waals surface area contributed by atoms with E-state index in [4.69, 9.17) is 0 Å². The van der Waals surface area contributed by atoms with Gasteiger partial charge in [0.2, 0.25) is 5.91 Å². The van der Waals surface area contributed by atoms with Gasteiger partial charge in [0.15, 0.2) is 0 Å². The highest BCUT2D eigenvalue weighted by molar-refractivity contribution is 5.83. The van der Waals surface area contributed by atoms with Crippen molar-refractivity contribution in [3.8, 4) is 0 Å². The molecule has 0 aliphatic carbocycles. The zero-order chi connectivity index (χ0) is 20.5. The first-order valence-electron chi connectivity index (χ1n) is 9.46. The van der Waals surface area contributed by atoms with Gasteiger partial charge in [-0.2, -0.15) is 10.2 Å². The van der Waals surface area contributed by atoms with Gasteiger partial charge in [-0.25, -0.2) is 0 Å². The van der Waals surface area contributed by atoms with Gasteiger partial charge in [0.05, 0.1) is 10.6 Å². The summed E-state index contributed by atoms with van der Waals surface area (Å²) in [5.74, 6) is -0.0832. The van der Waals surface area contributed by atoms with Crippen molar-refractivity contribution >= 4 is 11.6 Å². The number of amides is 1. The lowest BCUT2D eigenvalue weighted by atomic mass is 10.0. The SMILES string of the molecule is CCn1cc(CN2CCN(C(=O)C(C)(C)n3cc([N+](=O)[O-])cn3)CC2)c(C)n1. The van der Waals surface area contributed by atoms with E-state index in [2.05, 4.69) is 28.2 Å². The van der Waals surface area contributed by atoms with Crippen molar-refractivity contribution in [1.29, 1.82) is 0 Å². The van der Waals surface area contributed by atoms with Crippen molar-refractivity contribution < 1.29 is 9.72 Å². The molecule has 10 heteroatoms. The van der Waals surface area contributed by atoms with Crippen LogP contribution in [0.4, 0.5) is 5.69 Å². The number of nitro groups is 1. The Morgan fingerprint density at radius 2 is 1.93 bits per heavy atom. The molecular formula is C18H27N7O3. The number of piperazine rings is 1. The van der Waals surface area contributed by atoms with E-state index in [9.17, 15) is 14.9 Å². The lowest BCUT2D eigenvalue weighted by Crippen LogP contribution is -2.54. The smallest absolute Gasteiger partial charge is 0.307 e. The molecule has 152 valence electrons. The van der Waals surface area contributed by atoms with E-state index in [-0.39, 0.29) is 11.6 Å². The molecule has 1 fully saturated rings. The van der Waals surface area contributed by atoms with Crippen molar-refractivity contribution in [2.24, 2.45) is 0 Å². The Hall–Kier alpha value is -2.75. The average molecular weight is 389 g/mol. The molecule has 0 saturated carbocycles. The molecule has 0 bridgehead atoms. The van der Waals surface area contributed by atoms with Crippen LogP contribution in [0.1, 0.15) is 32.0 Å². The Kier molecular flexibility index (Phi) is 5.50. The lowest BCUT2D eigenvalue weighted by Gasteiger charge is -2.38. The highest BCUT2D eigenvalue weighted by Crippen LogP contribution is 2.22. The first-order valence-corrected chi connectivity index (χ1v) is 9.46. The van der Waals surface area contributed by atoms with Crippen molar-refractivity contribution in [3.63, 3.8) is 0 Å². The third kappa shape index (κ3) is 3.91. The minimum atomic E-state index is -0.977. The predicted molar refractivity (Wildman–Crippen MR) is 103 cm³/mol. The molecule has 1 saturated heterocycles. The van der Waals surface area contributed by atoms with Crippen LogP contribution in [-0.4, -0.2) is 66.4 Å². The fraction of sp³-hybridized carbons (Fsp3) is 0.611. The molecule has 2 aromatic rings. The molecule has 0 radical (unpaired) electrons. The van der Waals surface area contributed by atoms with Crippen LogP contribution in [-0.2, 0) is 23.4 Å². The van der Waals surface area contributed by atoms with Crippen LogP contribution < -0.4 is 0 Å². The number of nitrogens with zero attached hydrogens (tertiary/aromatic N) is 7. The molecule has 1 aliphatic heterocycles. The number of carbonyl (C=O) groups is 1. The molecular weight excluding hydrogens is 362 g/mol. The Labute approximate surface area is 163 Å². The zero-order valence-electron chi connectivity index (χ0n) is 16.8. The topological polar surface area (TPSA) is 102 Å². The first kappa shape index (κ1) is 20.0. The molecule has 0 atom stereocenters. The molecule has 0 unspecified atom stereocenters. The fourth-order valence-corrected chi connectivity index (χ4v) is 3.42. The Bertz CT molecular complexity index is 862. The first-order chi connectivity index (χ1) is 13.2. The number of aromatic nitrogens is 4. The van der Waals surface area contributed by atoms with E-state index in [0.29, 0.717) is 13.1 Å². The van der Waals surface area contributed by atoms with Gasteiger partial charge in [0, 0.05) is 51.0 Å². The molecule has 0 spiro atoms. The van der Waals surface area contributed by atoms with Gasteiger partial charge in [-0.1, -0.05) is 0 Å². The van der Waals surface area contributed by atoms with E-state index < -0.39 is 10.5 Å². The van der Waals surface area contributed by atoms with Gasteiger partial charge in [-0.15, -0.1) is 0 Å². The van der Waals surface area contributed by atoms with Gasteiger partial charge in [0.1, 0.15) is 17.9 Å². The number of rotatable bonds is 6. The lowest BCUT2D eigenvalue weighted by molar-refractivity contribution is -0.385. The summed E-state index contributed by atoms with van der Waals surface area (Å²) in [4.78, 5) is 27.5. The second-order valence-electron chi connectivity index (χ2n) is 7.62. The van der Waals surface area contributed by atoms with Gasteiger partial charge in [0.25, 0.3) is 0 Å². The Morgan fingerprint density at radius 3 is 2.46 bits per heavy atom. The van der Waals surface area contributed by atoms with E-state index in [1.165, 1.54) is 22.6 Å². The van der Waals surface area contributed by atoms with E-state index in [1.54, 1.807) is 13.8 Å². The maximum Gasteiger partial charge on any atom is 0.307 e. The molecule has 28 heavy (non-hydrogen) atoms. The predicted octanol–water partition coefficient (Wildman–Crippen LogP) is 1.40. The third-order valence-corrected chi connectivity index (χ3v) is 5.30. The highest BCUT2D eigenvalue weighted by Gasteiger charge is 2.36. The Morgan fingerprint density at radius 1 is 1.25 bits per heavy atom. The van der Waals surface area contributed by atoms with Crippen LogP contribution in [0.25, 0.3) is 0 Å². The minimum absolute atomic E-state index is 0.0832. The van der Waals surface area contributed by atoms with Crippen LogP contribution >= 0.6 is 0 Å². The van der Waals surface area contributed by atoms with E-state index in [0.717, 1.165) is 31.9 Å². The largest absolute Gasteiger partial charge is 0.338 e. The quantitative estimate of drug-likeness (QED) is 0.546. The normalized spacial score (nSPS) is 15.8. The summed E-state index contributed by atoms with van der Waals surface area (Å²) in [5, 5.41) is 19.4. The summed E-state index contributed by atoms with van der Waals surface area (Å²) in [5.41, 5.74) is 1.16. The van der Waals surface area contributed by atoms with Gasteiger partial charge < -0.3 is 4.90 Å².